The second-order valence-electron chi connectivity index (χ2n) is 2.20. The molecule has 0 nitrogen and oxygen atoms in total. The van der Waals surface area contributed by atoms with Crippen molar-refractivity contribution in [1.82, 2.24) is 0 Å². The van der Waals surface area contributed by atoms with Crippen LogP contribution < -0.4 is 0 Å². The summed E-state index contributed by atoms with van der Waals surface area (Å²) in [6, 6.07) is 0. The van der Waals surface area contributed by atoms with E-state index in [0.29, 0.717) is 0 Å². The summed E-state index contributed by atoms with van der Waals surface area (Å²) in [6.07, 6.45) is -1.50. The van der Waals surface area contributed by atoms with Gasteiger partial charge in [0.25, 0.3) is 0 Å². The van der Waals surface area contributed by atoms with E-state index in [1.165, 1.54) is 12.8 Å². The molecule has 0 aromatic heterocycles. The maximum atomic E-state index is 10.4. The Bertz CT molecular complexity index is 40.2. The van der Waals surface area contributed by atoms with Crippen molar-refractivity contribution >= 4 is 0 Å². The summed E-state index contributed by atoms with van der Waals surface area (Å²) >= 11 is 0. The first-order chi connectivity index (χ1) is 4.83. The Hall–Kier alpha value is -0.210. The minimum atomic E-state index is -4.00. The van der Waals surface area contributed by atoms with Crippen molar-refractivity contribution < 1.29 is 13.2 Å². The van der Waals surface area contributed by atoms with Crippen LogP contribution in [0.15, 0.2) is 0 Å². The third kappa shape index (κ3) is 17200. The van der Waals surface area contributed by atoms with Crippen molar-refractivity contribution in [3.05, 3.63) is 0 Å². The molecule has 3 heteroatoms. The molecule has 0 unspecified atom stereocenters. The molecule has 0 saturated carbocycles. The van der Waals surface area contributed by atoms with Crippen molar-refractivity contribution in [1.29, 1.82) is 0 Å². The molecule has 0 fully saturated rings. The van der Waals surface area contributed by atoms with Gasteiger partial charge < -0.3 is 0 Å². The molecule has 0 aromatic carbocycles. The highest BCUT2D eigenvalue weighted by molar-refractivity contribution is 4.26. The first-order valence-corrected chi connectivity index (χ1v) is 3.90. The molecule has 0 aliphatic heterocycles. The zero-order valence-electron chi connectivity index (χ0n) is 8.05. The van der Waals surface area contributed by atoms with E-state index in [1.54, 1.807) is 0 Å². The van der Waals surface area contributed by atoms with Crippen LogP contribution in [0.5, 0.6) is 0 Å². The second kappa shape index (κ2) is 17.0. The van der Waals surface area contributed by atoms with Gasteiger partial charge in [-0.15, -0.1) is 0 Å². The van der Waals surface area contributed by atoms with Crippen LogP contribution in [-0.2, 0) is 0 Å². The molecular weight excluding hydrogens is 165 g/mol. The van der Waals surface area contributed by atoms with Crippen LogP contribution in [0.3, 0.4) is 0 Å². The van der Waals surface area contributed by atoms with E-state index in [9.17, 15) is 13.2 Å². The first kappa shape index (κ1) is 22.6. The molecule has 0 radical (unpaired) electrons. The van der Waals surface area contributed by atoms with Gasteiger partial charge >= 0.3 is 6.18 Å². The highest BCUT2D eigenvalue weighted by Gasteiger charge is 2.15. The largest absolute Gasteiger partial charge is 0.386 e. The molecule has 12 heavy (non-hydrogen) atoms. The summed E-state index contributed by atoms with van der Waals surface area (Å²) in [5.41, 5.74) is 0. The van der Waals surface area contributed by atoms with Gasteiger partial charge in [-0.3, -0.25) is 0 Å². The maximum Gasteiger partial charge on any atom is 0.386 e. The lowest BCUT2D eigenvalue weighted by atomic mass is 10.6. The topological polar surface area (TPSA) is 0 Å². The minimum absolute atomic E-state index is 0. The molecule has 0 amide bonds. The fourth-order valence-electron chi connectivity index (χ4n) is 0. The molecule has 0 spiro atoms. The maximum absolute atomic E-state index is 10.4. The van der Waals surface area contributed by atoms with Crippen LogP contribution in [0.1, 0.15) is 54.9 Å². The predicted molar refractivity (Wildman–Crippen MR) is 50.4 cm³/mol. The van der Waals surface area contributed by atoms with E-state index in [-0.39, 0.29) is 14.4 Å². The normalized spacial score (nSPS) is 8.00. The van der Waals surface area contributed by atoms with Crippen molar-refractivity contribution in [2.45, 2.75) is 61.1 Å². The summed E-state index contributed by atoms with van der Waals surface area (Å²) in [5, 5.41) is 0. The van der Waals surface area contributed by atoms with Gasteiger partial charge in [-0.2, -0.15) is 13.2 Å². The zero-order valence-corrected chi connectivity index (χ0v) is 8.05. The molecule has 0 N–H and O–H groups in total. The molecular formula is C9H23F3. The third-order valence-electron chi connectivity index (χ3n) is 0. The van der Waals surface area contributed by atoms with Gasteiger partial charge in [0.05, 0.1) is 0 Å². The lowest BCUT2D eigenvalue weighted by Gasteiger charge is -1.88. The zero-order chi connectivity index (χ0) is 9.91. The van der Waals surface area contributed by atoms with Crippen molar-refractivity contribution in [2.75, 3.05) is 0 Å². The van der Waals surface area contributed by atoms with Crippen LogP contribution >= 0.6 is 0 Å². The summed E-state index contributed by atoms with van der Waals surface area (Å²) in [5.74, 6) is 0. The number of alkyl halides is 3. The first-order valence-electron chi connectivity index (χ1n) is 3.90. The molecule has 0 aromatic rings. The number of rotatable bonds is 0. The lowest BCUT2D eigenvalue weighted by Crippen LogP contribution is -1.95. The highest BCUT2D eigenvalue weighted by atomic mass is 19.4. The van der Waals surface area contributed by atoms with Gasteiger partial charge in [0.1, 0.15) is 0 Å². The smallest absolute Gasteiger partial charge is 0.172 e. The Kier molecular flexibility index (Phi) is 32.1. The Morgan fingerprint density at radius 2 is 0.833 bits per heavy atom. The molecule has 0 rings (SSSR count). The number of hydrogen-bond donors (Lipinski definition) is 0. The van der Waals surface area contributed by atoms with E-state index in [4.69, 9.17) is 0 Å². The lowest BCUT2D eigenvalue weighted by molar-refractivity contribution is -0.110. The van der Waals surface area contributed by atoms with Crippen LogP contribution in [-0.4, -0.2) is 6.18 Å². The van der Waals surface area contributed by atoms with E-state index >= 15 is 0 Å². The molecule has 0 bridgehead atoms. The summed E-state index contributed by atoms with van der Waals surface area (Å²) in [6.45, 7) is 8.69. The number of hydrogen-bond acceptors (Lipinski definition) is 0. The summed E-state index contributed by atoms with van der Waals surface area (Å²) in [7, 11) is 0. The predicted octanol–water partition coefficient (Wildman–Crippen LogP) is 5.04. The van der Waals surface area contributed by atoms with Gasteiger partial charge in [-0.1, -0.05) is 48.0 Å². The van der Waals surface area contributed by atoms with Gasteiger partial charge in [-0.25, -0.2) is 0 Å². The molecule has 0 atom stereocenters. The fourth-order valence-corrected chi connectivity index (χ4v) is 0. The Morgan fingerprint density at radius 1 is 0.833 bits per heavy atom. The van der Waals surface area contributed by atoms with Crippen LogP contribution in [0.2, 0.25) is 0 Å². The second-order valence-corrected chi connectivity index (χ2v) is 2.20. The quantitative estimate of drug-likeness (QED) is 0.499. The van der Waals surface area contributed by atoms with Gasteiger partial charge in [0.15, 0.2) is 0 Å². The Balaban J connectivity index is -0.0000000406. The standard InChI is InChI=1S/2C3H8.C2H3F3.CH4/c2*1-3-2;1-2(3,4)5;/h2*3H2,1-2H3;1H3;1H4. The summed E-state index contributed by atoms with van der Waals surface area (Å²) < 4.78 is 31.1. The SMILES string of the molecule is C.CC(F)(F)F.CCC.CCC. The molecule has 0 saturated heterocycles. The van der Waals surface area contributed by atoms with Crippen LogP contribution in [0, 0.1) is 0 Å². The van der Waals surface area contributed by atoms with Gasteiger partial charge in [0.2, 0.25) is 0 Å². The van der Waals surface area contributed by atoms with Crippen molar-refractivity contribution in [2.24, 2.45) is 0 Å². The van der Waals surface area contributed by atoms with E-state index in [0.717, 1.165) is 0 Å². The van der Waals surface area contributed by atoms with Crippen LogP contribution in [0.4, 0.5) is 13.2 Å². The Labute approximate surface area is 75.2 Å². The third-order valence-corrected chi connectivity index (χ3v) is 0. The van der Waals surface area contributed by atoms with E-state index < -0.39 is 6.18 Å². The average Bonchev–Trinajstić information content (AvgIpc) is 1.62. The highest BCUT2D eigenvalue weighted by Crippen LogP contribution is 2.10. The van der Waals surface area contributed by atoms with Crippen molar-refractivity contribution in [3.63, 3.8) is 0 Å². The Morgan fingerprint density at radius 3 is 0.833 bits per heavy atom. The van der Waals surface area contributed by atoms with Gasteiger partial charge in [0, 0.05) is 6.92 Å². The molecule has 0 aliphatic rings. The molecule has 0 heterocycles. The van der Waals surface area contributed by atoms with Gasteiger partial charge in [-0.05, 0) is 0 Å². The monoisotopic (exact) mass is 188 g/mol. The average molecular weight is 188 g/mol. The fraction of sp³-hybridized carbons (Fsp3) is 1.00. The van der Waals surface area contributed by atoms with Crippen LogP contribution in [0.25, 0.3) is 0 Å². The molecule has 0 aliphatic carbocycles. The number of halogens is 3. The minimum Gasteiger partial charge on any atom is -0.172 e. The van der Waals surface area contributed by atoms with E-state index in [1.807, 2.05) is 0 Å². The summed E-state index contributed by atoms with van der Waals surface area (Å²) in [4.78, 5) is 0. The van der Waals surface area contributed by atoms with Crippen molar-refractivity contribution in [3.8, 4) is 0 Å². The van der Waals surface area contributed by atoms with E-state index in [2.05, 4.69) is 27.7 Å². The molecule has 80 valence electrons.